The number of hydrogen-bond donors (Lipinski definition) is 0. The number of carbonyl (C=O) groups is 1. The van der Waals surface area contributed by atoms with Gasteiger partial charge in [-0.25, -0.2) is 4.39 Å². The highest BCUT2D eigenvalue weighted by atomic mass is 35.5. The van der Waals surface area contributed by atoms with Crippen LogP contribution in [0.5, 0.6) is 0 Å². The molecule has 0 bridgehead atoms. The zero-order valence-corrected chi connectivity index (χ0v) is 13.8. The predicted molar refractivity (Wildman–Crippen MR) is 86.4 cm³/mol. The van der Waals surface area contributed by atoms with Crippen LogP contribution in [0.25, 0.3) is 0 Å². The number of rotatable bonds is 3. The molecule has 0 spiro atoms. The number of hydrogen-bond acceptors (Lipinski definition) is 1. The van der Waals surface area contributed by atoms with Crippen LogP contribution in [0.15, 0.2) is 18.2 Å². The van der Waals surface area contributed by atoms with E-state index in [1.54, 1.807) is 12.1 Å². The van der Waals surface area contributed by atoms with Gasteiger partial charge >= 0.3 is 0 Å². The molecule has 1 aromatic carbocycles. The summed E-state index contributed by atoms with van der Waals surface area (Å²) in [7, 11) is 0. The normalized spacial score (nSPS) is 29.1. The Labute approximate surface area is 136 Å². The first-order chi connectivity index (χ1) is 10.6. The van der Waals surface area contributed by atoms with Crippen LogP contribution in [0.2, 0.25) is 5.02 Å². The molecule has 3 atom stereocenters. The van der Waals surface area contributed by atoms with Gasteiger partial charge in [0.25, 0.3) is 0 Å². The summed E-state index contributed by atoms with van der Waals surface area (Å²) in [5, 5.41) is 0.520. The molecular weight excluding hydrogens is 301 g/mol. The highest BCUT2D eigenvalue weighted by molar-refractivity contribution is 6.31. The van der Waals surface area contributed by atoms with Crippen LogP contribution in [0.3, 0.4) is 0 Å². The summed E-state index contributed by atoms with van der Waals surface area (Å²) in [5.74, 6) is 0.869. The monoisotopic (exact) mass is 323 g/mol. The molecular formula is C18H23ClFNO. The van der Waals surface area contributed by atoms with Gasteiger partial charge in [-0.2, -0.15) is 0 Å². The van der Waals surface area contributed by atoms with Crippen molar-refractivity contribution < 1.29 is 9.18 Å². The average molecular weight is 324 g/mol. The Hall–Kier alpha value is -1.09. The van der Waals surface area contributed by atoms with Gasteiger partial charge in [0.1, 0.15) is 5.82 Å². The lowest BCUT2D eigenvalue weighted by Gasteiger charge is -2.41. The Morgan fingerprint density at radius 3 is 2.82 bits per heavy atom. The zero-order chi connectivity index (χ0) is 15.7. The first-order valence-electron chi connectivity index (χ1n) is 8.30. The van der Waals surface area contributed by atoms with Crippen molar-refractivity contribution in [3.8, 4) is 0 Å². The number of nitrogens with zero attached hydrogens (tertiary/aromatic N) is 1. The molecule has 1 aliphatic heterocycles. The molecule has 3 unspecified atom stereocenters. The topological polar surface area (TPSA) is 20.3 Å². The third kappa shape index (κ3) is 3.01. The fourth-order valence-corrected chi connectivity index (χ4v) is 4.41. The third-order valence-corrected chi connectivity index (χ3v) is 5.82. The molecule has 0 N–H and O–H groups in total. The molecule has 0 radical (unpaired) electrons. The van der Waals surface area contributed by atoms with E-state index in [-0.39, 0.29) is 5.82 Å². The van der Waals surface area contributed by atoms with E-state index in [2.05, 4.69) is 11.8 Å². The number of amides is 1. The van der Waals surface area contributed by atoms with Gasteiger partial charge in [0.2, 0.25) is 5.91 Å². The van der Waals surface area contributed by atoms with Gasteiger partial charge in [0, 0.05) is 29.6 Å². The second kappa shape index (κ2) is 6.57. The quantitative estimate of drug-likeness (QED) is 0.804. The molecule has 4 heteroatoms. The lowest BCUT2D eigenvalue weighted by molar-refractivity contribution is -0.131. The molecule has 22 heavy (non-hydrogen) atoms. The molecule has 1 heterocycles. The summed E-state index contributed by atoms with van der Waals surface area (Å²) in [6, 6.07) is 5.21. The van der Waals surface area contributed by atoms with E-state index >= 15 is 0 Å². The maximum atomic E-state index is 14.0. The van der Waals surface area contributed by atoms with E-state index in [1.165, 1.54) is 6.07 Å². The SMILES string of the molecule is CC1C(Cc2c(F)cccc2Cl)CCCC1N1CCCC1=O. The molecule has 2 aliphatic rings. The van der Waals surface area contributed by atoms with Gasteiger partial charge in [0.05, 0.1) is 0 Å². The predicted octanol–water partition coefficient (Wildman–Crippen LogP) is 4.45. The first-order valence-corrected chi connectivity index (χ1v) is 8.68. The molecule has 1 saturated carbocycles. The molecule has 0 aromatic heterocycles. The van der Waals surface area contributed by atoms with Gasteiger partial charge < -0.3 is 4.90 Å². The van der Waals surface area contributed by atoms with Crippen molar-refractivity contribution >= 4 is 17.5 Å². The van der Waals surface area contributed by atoms with E-state index < -0.39 is 0 Å². The van der Waals surface area contributed by atoms with Gasteiger partial charge in [-0.1, -0.05) is 31.0 Å². The van der Waals surface area contributed by atoms with Crippen LogP contribution in [0.4, 0.5) is 4.39 Å². The van der Waals surface area contributed by atoms with Gasteiger partial charge in [-0.3, -0.25) is 4.79 Å². The minimum atomic E-state index is -0.209. The van der Waals surface area contributed by atoms with Crippen molar-refractivity contribution in [2.45, 2.75) is 51.5 Å². The van der Waals surface area contributed by atoms with Gasteiger partial charge in [0.15, 0.2) is 0 Å². The van der Waals surface area contributed by atoms with E-state index in [4.69, 9.17) is 11.6 Å². The Balaban J connectivity index is 1.75. The minimum Gasteiger partial charge on any atom is -0.339 e. The highest BCUT2D eigenvalue weighted by Gasteiger charge is 2.37. The van der Waals surface area contributed by atoms with Crippen molar-refractivity contribution in [3.63, 3.8) is 0 Å². The molecule has 1 aliphatic carbocycles. The summed E-state index contributed by atoms with van der Waals surface area (Å²) >= 11 is 6.18. The number of carbonyl (C=O) groups excluding carboxylic acids is 1. The van der Waals surface area contributed by atoms with E-state index in [9.17, 15) is 9.18 Å². The fraction of sp³-hybridized carbons (Fsp3) is 0.611. The summed E-state index contributed by atoms with van der Waals surface area (Å²) in [6.07, 6.45) is 5.61. The Bertz CT molecular complexity index is 542. The number of likely N-dealkylation sites (tertiary alicyclic amines) is 1. The van der Waals surface area contributed by atoms with Crippen LogP contribution >= 0.6 is 11.6 Å². The van der Waals surface area contributed by atoms with Crippen LogP contribution in [-0.2, 0) is 11.2 Å². The van der Waals surface area contributed by atoms with Crippen LogP contribution in [0.1, 0.15) is 44.6 Å². The highest BCUT2D eigenvalue weighted by Crippen LogP contribution is 2.38. The molecule has 120 valence electrons. The standard InChI is InChI=1S/C18H23ClFNO/c1-12-13(11-14-15(19)6-3-7-16(14)20)5-2-8-17(12)21-10-4-9-18(21)22/h3,6-7,12-13,17H,2,4-5,8-11H2,1H3. The van der Waals surface area contributed by atoms with Crippen molar-refractivity contribution in [2.24, 2.45) is 11.8 Å². The molecule has 1 amide bonds. The lowest BCUT2D eigenvalue weighted by Crippen LogP contribution is -2.45. The summed E-state index contributed by atoms with van der Waals surface area (Å²) < 4.78 is 14.0. The van der Waals surface area contributed by atoms with Crippen molar-refractivity contribution in [1.29, 1.82) is 0 Å². The number of benzene rings is 1. The lowest BCUT2D eigenvalue weighted by atomic mass is 9.73. The minimum absolute atomic E-state index is 0.209. The maximum Gasteiger partial charge on any atom is 0.222 e. The van der Waals surface area contributed by atoms with Crippen LogP contribution in [0, 0.1) is 17.7 Å². The molecule has 2 fully saturated rings. The second-order valence-corrected chi connectivity index (χ2v) is 7.12. The third-order valence-electron chi connectivity index (χ3n) is 5.46. The Morgan fingerprint density at radius 2 is 2.14 bits per heavy atom. The van der Waals surface area contributed by atoms with Crippen LogP contribution in [-0.4, -0.2) is 23.4 Å². The fourth-order valence-electron chi connectivity index (χ4n) is 4.17. The summed E-state index contributed by atoms with van der Waals surface area (Å²) in [4.78, 5) is 14.1. The first kappa shape index (κ1) is 15.8. The van der Waals surface area contributed by atoms with Crippen molar-refractivity contribution in [2.75, 3.05) is 6.54 Å². The molecule has 1 saturated heterocycles. The summed E-state index contributed by atoms with van der Waals surface area (Å²) in [6.45, 7) is 3.11. The zero-order valence-electron chi connectivity index (χ0n) is 13.0. The Morgan fingerprint density at radius 1 is 1.32 bits per heavy atom. The smallest absolute Gasteiger partial charge is 0.222 e. The van der Waals surface area contributed by atoms with Gasteiger partial charge in [-0.15, -0.1) is 0 Å². The molecule has 1 aromatic rings. The van der Waals surface area contributed by atoms with E-state index in [0.29, 0.717) is 47.2 Å². The second-order valence-electron chi connectivity index (χ2n) is 6.71. The molecule has 3 rings (SSSR count). The van der Waals surface area contributed by atoms with Gasteiger partial charge in [-0.05, 0) is 49.7 Å². The Kier molecular flexibility index (Phi) is 4.72. The average Bonchev–Trinajstić information content (AvgIpc) is 2.91. The maximum absolute atomic E-state index is 14.0. The van der Waals surface area contributed by atoms with E-state index in [1.807, 2.05) is 0 Å². The van der Waals surface area contributed by atoms with Crippen molar-refractivity contribution in [1.82, 2.24) is 4.90 Å². The van der Waals surface area contributed by atoms with Crippen LogP contribution < -0.4 is 0 Å². The van der Waals surface area contributed by atoms with Crippen molar-refractivity contribution in [3.05, 3.63) is 34.6 Å². The molecule has 2 nitrogen and oxygen atoms in total. The summed E-state index contributed by atoms with van der Waals surface area (Å²) in [5.41, 5.74) is 0.634. The number of halogens is 2. The largest absolute Gasteiger partial charge is 0.339 e. The van der Waals surface area contributed by atoms with E-state index in [0.717, 1.165) is 32.2 Å².